The van der Waals surface area contributed by atoms with Crippen molar-refractivity contribution in [2.45, 2.75) is 32.9 Å². The van der Waals surface area contributed by atoms with Crippen LogP contribution in [0.15, 0.2) is 35.1 Å². The van der Waals surface area contributed by atoms with Crippen molar-refractivity contribution in [1.82, 2.24) is 15.1 Å². The van der Waals surface area contributed by atoms with Gasteiger partial charge in [-0.1, -0.05) is 29.8 Å². The monoisotopic (exact) mass is 351 g/mol. The van der Waals surface area contributed by atoms with Gasteiger partial charge in [0.05, 0.1) is 19.9 Å². The molecule has 114 valence electrons. The molecule has 0 bridgehead atoms. The van der Waals surface area contributed by atoms with Crippen LogP contribution in [0, 0.1) is 0 Å². The number of benzene rings is 1. The molecular weight excluding hydrogens is 330 g/mol. The lowest BCUT2D eigenvalue weighted by Gasteiger charge is -2.13. The Bertz CT molecular complexity index is 583. The van der Waals surface area contributed by atoms with Gasteiger partial charge in [0.15, 0.2) is 0 Å². The Hall–Kier alpha value is -1.33. The summed E-state index contributed by atoms with van der Waals surface area (Å²) in [4.78, 5) is 0. The van der Waals surface area contributed by atoms with Crippen LogP contribution in [0.2, 0.25) is 0 Å². The molecule has 0 aliphatic rings. The third-order valence-corrected chi connectivity index (χ3v) is 4.27. The summed E-state index contributed by atoms with van der Waals surface area (Å²) in [5.41, 5.74) is 2.39. The SMILES string of the molecule is CCNC(CC)c1cnn(Cc2cc(OC)ccc2Br)c1. The molecule has 1 unspecified atom stereocenters. The normalized spacial score (nSPS) is 12.4. The van der Waals surface area contributed by atoms with E-state index in [2.05, 4.69) is 46.4 Å². The standard InChI is InChI=1S/C16H22BrN3O/c1-4-16(18-5-2)13-9-19-20(11-13)10-12-8-14(21-3)6-7-15(12)17/h6-9,11,16,18H,4-5,10H2,1-3H3. The van der Waals surface area contributed by atoms with Gasteiger partial charge in [-0.2, -0.15) is 5.10 Å². The summed E-state index contributed by atoms with van der Waals surface area (Å²) in [6.07, 6.45) is 5.12. The third kappa shape index (κ3) is 4.08. The van der Waals surface area contributed by atoms with Crippen LogP contribution in [0.1, 0.15) is 37.4 Å². The molecule has 0 aliphatic carbocycles. The summed E-state index contributed by atoms with van der Waals surface area (Å²) >= 11 is 3.58. The fourth-order valence-electron chi connectivity index (χ4n) is 2.36. The van der Waals surface area contributed by atoms with Gasteiger partial charge >= 0.3 is 0 Å². The molecule has 2 rings (SSSR count). The first-order valence-corrected chi connectivity index (χ1v) is 8.05. The van der Waals surface area contributed by atoms with Crippen molar-refractivity contribution in [3.63, 3.8) is 0 Å². The van der Waals surface area contributed by atoms with Gasteiger partial charge in [-0.3, -0.25) is 4.68 Å². The van der Waals surface area contributed by atoms with E-state index in [9.17, 15) is 0 Å². The quantitative estimate of drug-likeness (QED) is 0.825. The Morgan fingerprint density at radius 1 is 1.38 bits per heavy atom. The molecule has 0 fully saturated rings. The van der Waals surface area contributed by atoms with Crippen LogP contribution >= 0.6 is 15.9 Å². The summed E-state index contributed by atoms with van der Waals surface area (Å²) < 4.78 is 8.32. The van der Waals surface area contributed by atoms with Gasteiger partial charge in [-0.25, -0.2) is 0 Å². The highest BCUT2D eigenvalue weighted by molar-refractivity contribution is 9.10. The Kier molecular flexibility index (Phi) is 5.82. The minimum Gasteiger partial charge on any atom is -0.497 e. The number of methoxy groups -OCH3 is 1. The number of aromatic nitrogens is 2. The number of ether oxygens (including phenoxy) is 1. The lowest BCUT2D eigenvalue weighted by atomic mass is 10.1. The Balaban J connectivity index is 2.15. The zero-order chi connectivity index (χ0) is 15.2. The van der Waals surface area contributed by atoms with E-state index in [1.807, 2.05) is 29.1 Å². The van der Waals surface area contributed by atoms with Crippen LogP contribution in [-0.4, -0.2) is 23.4 Å². The van der Waals surface area contributed by atoms with Crippen molar-refractivity contribution >= 4 is 15.9 Å². The van der Waals surface area contributed by atoms with E-state index in [0.717, 1.165) is 35.3 Å². The Labute approximate surface area is 134 Å². The third-order valence-electron chi connectivity index (χ3n) is 3.50. The highest BCUT2D eigenvalue weighted by Crippen LogP contribution is 2.24. The smallest absolute Gasteiger partial charge is 0.119 e. The molecule has 1 aromatic heterocycles. The van der Waals surface area contributed by atoms with Gasteiger partial charge in [0.1, 0.15) is 5.75 Å². The number of rotatable bonds is 7. The first-order chi connectivity index (χ1) is 10.2. The molecule has 1 atom stereocenters. The van der Waals surface area contributed by atoms with Crippen LogP contribution < -0.4 is 10.1 Å². The van der Waals surface area contributed by atoms with E-state index < -0.39 is 0 Å². The van der Waals surface area contributed by atoms with E-state index >= 15 is 0 Å². The molecule has 1 aromatic carbocycles. The molecule has 0 saturated carbocycles. The first-order valence-electron chi connectivity index (χ1n) is 7.26. The molecule has 0 radical (unpaired) electrons. The van der Waals surface area contributed by atoms with Crippen molar-refractivity contribution in [1.29, 1.82) is 0 Å². The average molecular weight is 352 g/mol. The second kappa shape index (κ2) is 7.61. The highest BCUT2D eigenvalue weighted by atomic mass is 79.9. The second-order valence-electron chi connectivity index (χ2n) is 4.95. The molecular formula is C16H22BrN3O. The summed E-state index contributed by atoms with van der Waals surface area (Å²) in [5.74, 6) is 0.861. The number of nitrogens with one attached hydrogen (secondary N) is 1. The lowest BCUT2D eigenvalue weighted by Crippen LogP contribution is -2.19. The largest absolute Gasteiger partial charge is 0.497 e. The van der Waals surface area contributed by atoms with Crippen LogP contribution in [0.25, 0.3) is 0 Å². The van der Waals surface area contributed by atoms with Gasteiger partial charge in [0.2, 0.25) is 0 Å². The van der Waals surface area contributed by atoms with Crippen molar-refractivity contribution in [2.24, 2.45) is 0 Å². The minimum absolute atomic E-state index is 0.373. The van der Waals surface area contributed by atoms with E-state index in [1.165, 1.54) is 5.56 Å². The predicted octanol–water partition coefficient (Wildman–Crippen LogP) is 3.76. The summed E-state index contributed by atoms with van der Waals surface area (Å²) in [5, 5.41) is 7.95. The zero-order valence-electron chi connectivity index (χ0n) is 12.8. The molecule has 0 spiro atoms. The summed E-state index contributed by atoms with van der Waals surface area (Å²) in [6.45, 7) is 6.00. The minimum atomic E-state index is 0.373. The summed E-state index contributed by atoms with van der Waals surface area (Å²) in [7, 11) is 1.68. The number of nitrogens with zero attached hydrogens (tertiary/aromatic N) is 2. The predicted molar refractivity (Wildman–Crippen MR) is 88.7 cm³/mol. The molecule has 1 N–H and O–H groups in total. The maximum Gasteiger partial charge on any atom is 0.119 e. The molecule has 2 aromatic rings. The maximum absolute atomic E-state index is 5.28. The van der Waals surface area contributed by atoms with Crippen molar-refractivity contribution in [2.75, 3.05) is 13.7 Å². The molecule has 0 aliphatic heterocycles. The van der Waals surface area contributed by atoms with E-state index in [-0.39, 0.29) is 0 Å². The van der Waals surface area contributed by atoms with E-state index in [1.54, 1.807) is 7.11 Å². The van der Waals surface area contributed by atoms with Gasteiger partial charge in [0, 0.05) is 22.3 Å². The summed E-state index contributed by atoms with van der Waals surface area (Å²) in [6, 6.07) is 6.36. The van der Waals surface area contributed by atoms with Crippen LogP contribution in [-0.2, 0) is 6.54 Å². The fraction of sp³-hybridized carbons (Fsp3) is 0.438. The second-order valence-corrected chi connectivity index (χ2v) is 5.80. The first kappa shape index (κ1) is 16.0. The van der Waals surface area contributed by atoms with Gasteiger partial charge in [0.25, 0.3) is 0 Å². The molecule has 0 saturated heterocycles. The molecule has 0 amide bonds. The Morgan fingerprint density at radius 2 is 2.19 bits per heavy atom. The van der Waals surface area contributed by atoms with E-state index in [0.29, 0.717) is 6.04 Å². The van der Waals surface area contributed by atoms with Crippen molar-refractivity contribution in [3.8, 4) is 5.75 Å². The van der Waals surface area contributed by atoms with E-state index in [4.69, 9.17) is 4.74 Å². The van der Waals surface area contributed by atoms with Gasteiger partial charge < -0.3 is 10.1 Å². The number of halogens is 1. The van der Waals surface area contributed by atoms with Crippen molar-refractivity contribution < 1.29 is 4.74 Å². The number of hydrogen-bond donors (Lipinski definition) is 1. The van der Waals surface area contributed by atoms with Crippen molar-refractivity contribution in [3.05, 3.63) is 46.2 Å². The highest BCUT2D eigenvalue weighted by Gasteiger charge is 2.11. The number of hydrogen-bond acceptors (Lipinski definition) is 3. The lowest BCUT2D eigenvalue weighted by molar-refractivity contribution is 0.414. The van der Waals surface area contributed by atoms with Gasteiger partial charge in [-0.05, 0) is 36.7 Å². The molecule has 21 heavy (non-hydrogen) atoms. The topological polar surface area (TPSA) is 39.1 Å². The molecule has 1 heterocycles. The van der Waals surface area contributed by atoms with Crippen LogP contribution in [0.3, 0.4) is 0 Å². The van der Waals surface area contributed by atoms with Crippen LogP contribution in [0.4, 0.5) is 0 Å². The average Bonchev–Trinajstić information content (AvgIpc) is 2.95. The maximum atomic E-state index is 5.28. The van der Waals surface area contributed by atoms with Crippen LogP contribution in [0.5, 0.6) is 5.75 Å². The Morgan fingerprint density at radius 3 is 2.86 bits per heavy atom. The fourth-order valence-corrected chi connectivity index (χ4v) is 2.74. The molecule has 5 heteroatoms. The molecule has 4 nitrogen and oxygen atoms in total. The zero-order valence-corrected chi connectivity index (χ0v) is 14.4. The van der Waals surface area contributed by atoms with Gasteiger partial charge in [-0.15, -0.1) is 0 Å².